The summed E-state index contributed by atoms with van der Waals surface area (Å²) >= 11 is 0. The zero-order valence-electron chi connectivity index (χ0n) is 16.2. The molecule has 2 aromatic heterocycles. The van der Waals surface area contributed by atoms with Gasteiger partial charge in [0.15, 0.2) is 0 Å². The van der Waals surface area contributed by atoms with Gasteiger partial charge >= 0.3 is 0 Å². The number of pyridine rings is 1. The maximum absolute atomic E-state index is 12.5. The van der Waals surface area contributed by atoms with Gasteiger partial charge in [-0.3, -0.25) is 14.6 Å². The van der Waals surface area contributed by atoms with E-state index >= 15 is 0 Å². The molecule has 1 atom stereocenters. The zero-order valence-corrected chi connectivity index (χ0v) is 16.2. The quantitative estimate of drug-likeness (QED) is 0.849. The molecular weight excluding hydrogens is 342 g/mol. The third-order valence-electron chi connectivity index (χ3n) is 4.89. The number of fused-ring (bicyclic) bond motifs is 1. The van der Waals surface area contributed by atoms with E-state index in [1.54, 1.807) is 18.6 Å². The predicted octanol–water partition coefficient (Wildman–Crippen LogP) is 2.55. The molecule has 0 radical (unpaired) electrons. The van der Waals surface area contributed by atoms with Gasteiger partial charge in [0.25, 0.3) is 5.91 Å². The summed E-state index contributed by atoms with van der Waals surface area (Å²) in [6.07, 6.45) is 6.64. The number of hydrogen-bond acceptors (Lipinski definition) is 4. The second kappa shape index (κ2) is 8.33. The first-order valence-corrected chi connectivity index (χ1v) is 9.49. The minimum atomic E-state index is -0.217. The van der Waals surface area contributed by atoms with Gasteiger partial charge in [-0.25, -0.2) is 4.98 Å². The largest absolute Gasteiger partial charge is 0.347 e. The van der Waals surface area contributed by atoms with Crippen molar-refractivity contribution >= 4 is 11.8 Å². The van der Waals surface area contributed by atoms with Crippen LogP contribution in [0.4, 0.5) is 0 Å². The molecule has 2 aromatic rings. The average molecular weight is 369 g/mol. The van der Waals surface area contributed by atoms with E-state index in [2.05, 4.69) is 29.1 Å². The molecule has 0 unspecified atom stereocenters. The van der Waals surface area contributed by atoms with E-state index in [0.29, 0.717) is 37.7 Å². The molecular formula is C20H27N5O2. The molecule has 144 valence electrons. The summed E-state index contributed by atoms with van der Waals surface area (Å²) in [5.41, 5.74) is 1.32. The first kappa shape index (κ1) is 19.1. The molecule has 0 saturated heterocycles. The predicted molar refractivity (Wildman–Crippen MR) is 102 cm³/mol. The van der Waals surface area contributed by atoms with Gasteiger partial charge in [0.05, 0.1) is 6.04 Å². The zero-order chi connectivity index (χ0) is 19.4. The normalized spacial score (nSPS) is 16.3. The second-order valence-corrected chi connectivity index (χ2v) is 7.42. The molecule has 0 aromatic carbocycles. The summed E-state index contributed by atoms with van der Waals surface area (Å²) in [7, 11) is 0. The molecule has 0 fully saturated rings. The van der Waals surface area contributed by atoms with Crippen molar-refractivity contribution in [1.82, 2.24) is 24.8 Å². The van der Waals surface area contributed by atoms with E-state index in [1.807, 2.05) is 28.5 Å². The molecule has 1 N–H and O–H groups in total. The Morgan fingerprint density at radius 1 is 1.33 bits per heavy atom. The van der Waals surface area contributed by atoms with Gasteiger partial charge in [-0.15, -0.1) is 0 Å². The van der Waals surface area contributed by atoms with Crippen molar-refractivity contribution in [1.29, 1.82) is 0 Å². The molecule has 1 aliphatic heterocycles. The van der Waals surface area contributed by atoms with Gasteiger partial charge in [0.2, 0.25) is 5.91 Å². The molecule has 3 heterocycles. The fourth-order valence-corrected chi connectivity index (χ4v) is 3.27. The molecule has 0 saturated carbocycles. The van der Waals surface area contributed by atoms with Crippen LogP contribution in [0.1, 0.15) is 61.5 Å². The number of hydrogen-bond donors (Lipinski definition) is 1. The summed E-state index contributed by atoms with van der Waals surface area (Å²) in [5.74, 6) is 1.22. The summed E-state index contributed by atoms with van der Waals surface area (Å²) in [5, 5.41) is 2.87. The van der Waals surface area contributed by atoms with Crippen molar-refractivity contribution < 1.29 is 9.59 Å². The van der Waals surface area contributed by atoms with Gasteiger partial charge in [0.1, 0.15) is 11.5 Å². The summed E-state index contributed by atoms with van der Waals surface area (Å²) in [6.45, 7) is 7.94. The number of aromatic nitrogens is 3. The van der Waals surface area contributed by atoms with E-state index in [-0.39, 0.29) is 17.9 Å². The SMILES string of the molecule is CC(C)CCC(=O)N1CCn2cc(C(=O)NCc3cccnc3)nc2[C@@H]1C. The average Bonchev–Trinajstić information content (AvgIpc) is 3.10. The van der Waals surface area contributed by atoms with Gasteiger partial charge in [-0.2, -0.15) is 0 Å². The highest BCUT2D eigenvalue weighted by atomic mass is 16.2. The number of nitrogens with one attached hydrogen (secondary N) is 1. The Morgan fingerprint density at radius 2 is 2.15 bits per heavy atom. The Kier molecular flexibility index (Phi) is 5.88. The Bertz CT molecular complexity index is 800. The van der Waals surface area contributed by atoms with Crippen LogP contribution >= 0.6 is 0 Å². The molecule has 27 heavy (non-hydrogen) atoms. The summed E-state index contributed by atoms with van der Waals surface area (Å²) in [4.78, 5) is 35.4. The van der Waals surface area contributed by atoms with E-state index in [4.69, 9.17) is 0 Å². The van der Waals surface area contributed by atoms with Crippen molar-refractivity contribution in [2.45, 2.75) is 52.7 Å². The smallest absolute Gasteiger partial charge is 0.271 e. The minimum Gasteiger partial charge on any atom is -0.347 e. The van der Waals surface area contributed by atoms with Crippen LogP contribution in [0.2, 0.25) is 0 Å². The molecule has 0 aliphatic carbocycles. The third kappa shape index (κ3) is 4.53. The number of carbonyl (C=O) groups excluding carboxylic acids is 2. The monoisotopic (exact) mass is 369 g/mol. The van der Waals surface area contributed by atoms with Crippen LogP contribution in [0.5, 0.6) is 0 Å². The van der Waals surface area contributed by atoms with Crippen molar-refractivity contribution in [2.75, 3.05) is 6.54 Å². The van der Waals surface area contributed by atoms with E-state index in [0.717, 1.165) is 17.8 Å². The van der Waals surface area contributed by atoms with Crippen LogP contribution in [0.3, 0.4) is 0 Å². The lowest BCUT2D eigenvalue weighted by molar-refractivity contribution is -0.134. The fraction of sp³-hybridized carbons (Fsp3) is 0.500. The van der Waals surface area contributed by atoms with Crippen LogP contribution < -0.4 is 5.32 Å². The van der Waals surface area contributed by atoms with E-state index < -0.39 is 0 Å². The Labute approximate surface area is 159 Å². The van der Waals surface area contributed by atoms with Crippen LogP contribution in [0, 0.1) is 5.92 Å². The highest BCUT2D eigenvalue weighted by Gasteiger charge is 2.30. The van der Waals surface area contributed by atoms with Gasteiger partial charge < -0.3 is 14.8 Å². The lowest BCUT2D eigenvalue weighted by Gasteiger charge is -2.34. The maximum Gasteiger partial charge on any atom is 0.271 e. The van der Waals surface area contributed by atoms with Crippen LogP contribution in [0.25, 0.3) is 0 Å². The van der Waals surface area contributed by atoms with Crippen LogP contribution in [-0.2, 0) is 17.9 Å². The number of imidazole rings is 1. The van der Waals surface area contributed by atoms with Gasteiger partial charge in [-0.1, -0.05) is 19.9 Å². The highest BCUT2D eigenvalue weighted by Crippen LogP contribution is 2.26. The topological polar surface area (TPSA) is 80.1 Å². The molecule has 0 spiro atoms. The molecule has 7 heteroatoms. The van der Waals surface area contributed by atoms with Crippen LogP contribution in [0.15, 0.2) is 30.7 Å². The summed E-state index contributed by atoms with van der Waals surface area (Å²) in [6, 6.07) is 3.62. The molecule has 2 amide bonds. The minimum absolute atomic E-state index is 0.127. The molecule has 0 bridgehead atoms. The van der Waals surface area contributed by atoms with Crippen LogP contribution in [-0.4, -0.2) is 37.8 Å². The molecule has 1 aliphatic rings. The second-order valence-electron chi connectivity index (χ2n) is 7.42. The Morgan fingerprint density at radius 3 is 2.85 bits per heavy atom. The lowest BCUT2D eigenvalue weighted by atomic mass is 10.1. The molecule has 7 nitrogen and oxygen atoms in total. The number of amides is 2. The maximum atomic E-state index is 12.5. The standard InChI is InChI=1S/C20H27N5O2/c1-14(2)6-7-18(26)25-10-9-24-13-17(23-19(24)15(25)3)20(27)22-12-16-5-4-8-21-11-16/h4-5,8,11,13-15H,6-7,9-10,12H2,1-3H3,(H,22,27)/t15-/m0/s1. The molecule has 3 rings (SSSR count). The van der Waals surface area contributed by atoms with Crippen molar-refractivity contribution in [3.8, 4) is 0 Å². The van der Waals surface area contributed by atoms with Crippen molar-refractivity contribution in [2.24, 2.45) is 5.92 Å². The van der Waals surface area contributed by atoms with Crippen molar-refractivity contribution in [3.05, 3.63) is 47.8 Å². The number of rotatable bonds is 6. The Balaban J connectivity index is 1.65. The third-order valence-corrected chi connectivity index (χ3v) is 4.89. The lowest BCUT2D eigenvalue weighted by Crippen LogP contribution is -2.41. The highest BCUT2D eigenvalue weighted by molar-refractivity contribution is 5.92. The first-order valence-electron chi connectivity index (χ1n) is 9.49. The van der Waals surface area contributed by atoms with E-state index in [9.17, 15) is 9.59 Å². The first-order chi connectivity index (χ1) is 13.0. The van der Waals surface area contributed by atoms with Gasteiger partial charge in [0, 0.05) is 44.6 Å². The number of carbonyl (C=O) groups is 2. The summed E-state index contributed by atoms with van der Waals surface area (Å²) < 4.78 is 1.98. The fourth-order valence-electron chi connectivity index (χ4n) is 3.27. The van der Waals surface area contributed by atoms with Gasteiger partial charge in [-0.05, 0) is 30.9 Å². The van der Waals surface area contributed by atoms with Crippen molar-refractivity contribution in [3.63, 3.8) is 0 Å². The number of nitrogens with zero attached hydrogens (tertiary/aromatic N) is 4. The van der Waals surface area contributed by atoms with E-state index in [1.165, 1.54) is 0 Å². The Hall–Kier alpha value is -2.70.